The normalized spacial score (nSPS) is 17.2. The molecule has 0 unspecified atom stereocenters. The first-order valence-corrected chi connectivity index (χ1v) is 6.68. The fraction of sp³-hybridized carbons (Fsp3) is 0.455. The van der Waals surface area contributed by atoms with Crippen LogP contribution in [0.15, 0.2) is 23.3 Å². The van der Waals surface area contributed by atoms with Gasteiger partial charge in [-0.25, -0.2) is 4.99 Å². The van der Waals surface area contributed by atoms with Gasteiger partial charge < -0.3 is 15.7 Å². The Kier molecular flexibility index (Phi) is 4.08. The summed E-state index contributed by atoms with van der Waals surface area (Å²) < 4.78 is 0. The quantitative estimate of drug-likeness (QED) is 0.597. The molecular weight excluding hydrogens is 236 g/mol. The molecule has 0 aliphatic carbocycles. The van der Waals surface area contributed by atoms with Crippen molar-refractivity contribution in [2.75, 3.05) is 24.6 Å². The van der Waals surface area contributed by atoms with Crippen molar-refractivity contribution < 1.29 is 5.11 Å². The number of aliphatic imine (C=N–C) groups is 1. The lowest BCUT2D eigenvalue weighted by Gasteiger charge is -2.27. The number of hydrogen-bond donors (Lipinski definition) is 2. The van der Waals surface area contributed by atoms with Gasteiger partial charge in [0.1, 0.15) is 11.4 Å². The number of pyridine rings is 1. The highest BCUT2D eigenvalue weighted by Crippen LogP contribution is 2.14. The van der Waals surface area contributed by atoms with Crippen molar-refractivity contribution in [3.05, 3.63) is 24.0 Å². The van der Waals surface area contributed by atoms with Gasteiger partial charge in [0.25, 0.3) is 0 Å². The summed E-state index contributed by atoms with van der Waals surface area (Å²) in [5, 5.41) is 9.54. The summed E-state index contributed by atoms with van der Waals surface area (Å²) in [6.45, 7) is 2.20. The van der Waals surface area contributed by atoms with Crippen LogP contribution in [0.3, 0.4) is 0 Å². The molecule has 3 N–H and O–H groups in total. The van der Waals surface area contributed by atoms with Crippen LogP contribution in [0.2, 0.25) is 0 Å². The van der Waals surface area contributed by atoms with E-state index in [2.05, 4.69) is 14.9 Å². The summed E-state index contributed by atoms with van der Waals surface area (Å²) in [6.07, 6.45) is 1.64. The summed E-state index contributed by atoms with van der Waals surface area (Å²) in [4.78, 5) is 10.4. The van der Waals surface area contributed by atoms with Gasteiger partial charge in [-0.2, -0.15) is 11.8 Å². The van der Waals surface area contributed by atoms with Crippen LogP contribution in [0, 0.1) is 0 Å². The van der Waals surface area contributed by atoms with Gasteiger partial charge in [0, 0.05) is 30.8 Å². The zero-order valence-corrected chi connectivity index (χ0v) is 10.4. The number of thioether (sulfide) groups is 1. The van der Waals surface area contributed by atoms with Crippen LogP contribution in [0.25, 0.3) is 0 Å². The number of guanidine groups is 1. The lowest BCUT2D eigenvalue weighted by Crippen LogP contribution is -2.42. The first-order valence-electron chi connectivity index (χ1n) is 5.53. The second kappa shape index (κ2) is 5.77. The molecule has 1 aromatic heterocycles. The second-order valence-electron chi connectivity index (χ2n) is 3.74. The minimum absolute atomic E-state index is 0.165. The van der Waals surface area contributed by atoms with Gasteiger partial charge in [-0.05, 0) is 12.1 Å². The fourth-order valence-electron chi connectivity index (χ4n) is 1.60. The van der Waals surface area contributed by atoms with Crippen molar-refractivity contribution >= 4 is 17.7 Å². The zero-order valence-electron chi connectivity index (χ0n) is 9.54. The molecule has 1 fully saturated rings. The standard InChI is InChI=1S/C11H16N4OS/c12-11(15-4-6-17-7-5-15)14-8-9-10(16)2-1-3-13-9/h1-3,16H,4-8H2,(H2,12,14). The lowest BCUT2D eigenvalue weighted by atomic mass is 10.3. The average molecular weight is 252 g/mol. The van der Waals surface area contributed by atoms with E-state index in [-0.39, 0.29) is 5.75 Å². The van der Waals surface area contributed by atoms with E-state index in [1.807, 2.05) is 11.8 Å². The summed E-state index contributed by atoms with van der Waals surface area (Å²) in [5.74, 6) is 2.88. The number of hydrogen-bond acceptors (Lipinski definition) is 4. The van der Waals surface area contributed by atoms with Crippen LogP contribution in [-0.4, -0.2) is 45.5 Å². The van der Waals surface area contributed by atoms with Gasteiger partial charge in [-0.3, -0.25) is 4.98 Å². The molecule has 0 saturated carbocycles. The van der Waals surface area contributed by atoms with Gasteiger partial charge in [-0.15, -0.1) is 0 Å². The van der Waals surface area contributed by atoms with Crippen LogP contribution in [0.4, 0.5) is 0 Å². The Morgan fingerprint density at radius 1 is 1.53 bits per heavy atom. The molecule has 92 valence electrons. The molecule has 0 atom stereocenters. The molecule has 0 bridgehead atoms. The maximum absolute atomic E-state index is 9.54. The summed E-state index contributed by atoms with van der Waals surface area (Å²) in [7, 11) is 0. The Morgan fingerprint density at radius 2 is 2.29 bits per heavy atom. The van der Waals surface area contributed by atoms with E-state index in [4.69, 9.17) is 5.73 Å². The van der Waals surface area contributed by atoms with Crippen molar-refractivity contribution in [2.45, 2.75) is 6.54 Å². The number of aromatic nitrogens is 1. The van der Waals surface area contributed by atoms with E-state index in [0.29, 0.717) is 18.2 Å². The Hall–Kier alpha value is -1.43. The monoisotopic (exact) mass is 252 g/mol. The maximum atomic E-state index is 9.54. The minimum atomic E-state index is 0.165. The van der Waals surface area contributed by atoms with Crippen molar-refractivity contribution in [1.82, 2.24) is 9.88 Å². The third kappa shape index (κ3) is 3.26. The van der Waals surface area contributed by atoms with E-state index in [9.17, 15) is 5.11 Å². The fourth-order valence-corrected chi connectivity index (χ4v) is 2.50. The molecule has 2 heterocycles. The molecule has 1 aliphatic heterocycles. The molecule has 0 radical (unpaired) electrons. The van der Waals surface area contributed by atoms with E-state index in [0.717, 1.165) is 24.6 Å². The van der Waals surface area contributed by atoms with Crippen molar-refractivity contribution in [3.8, 4) is 5.75 Å². The smallest absolute Gasteiger partial charge is 0.191 e. The topological polar surface area (TPSA) is 74.7 Å². The molecule has 2 rings (SSSR count). The largest absolute Gasteiger partial charge is 0.506 e. The van der Waals surface area contributed by atoms with Crippen molar-refractivity contribution in [3.63, 3.8) is 0 Å². The van der Waals surface area contributed by atoms with Crippen molar-refractivity contribution in [1.29, 1.82) is 0 Å². The van der Waals surface area contributed by atoms with Crippen LogP contribution in [0.1, 0.15) is 5.69 Å². The average Bonchev–Trinajstić information content (AvgIpc) is 2.38. The Morgan fingerprint density at radius 3 is 3.00 bits per heavy atom. The third-order valence-corrected chi connectivity index (χ3v) is 3.53. The Labute approximate surface area is 105 Å². The number of aromatic hydroxyl groups is 1. The molecule has 0 spiro atoms. The Balaban J connectivity index is 1.97. The summed E-state index contributed by atoms with van der Waals surface area (Å²) >= 11 is 1.93. The molecule has 0 amide bonds. The summed E-state index contributed by atoms with van der Waals surface area (Å²) in [6, 6.07) is 3.29. The number of nitrogens with zero attached hydrogens (tertiary/aromatic N) is 3. The lowest BCUT2D eigenvalue weighted by molar-refractivity contribution is 0.452. The molecule has 5 nitrogen and oxygen atoms in total. The predicted molar refractivity (Wildman–Crippen MR) is 70.1 cm³/mol. The van der Waals surface area contributed by atoms with Gasteiger partial charge in [-0.1, -0.05) is 0 Å². The van der Waals surface area contributed by atoms with Crippen LogP contribution < -0.4 is 5.73 Å². The molecule has 1 aliphatic rings. The van der Waals surface area contributed by atoms with Gasteiger partial charge in [0.15, 0.2) is 5.96 Å². The molecular formula is C11H16N4OS. The van der Waals surface area contributed by atoms with Crippen LogP contribution in [-0.2, 0) is 6.54 Å². The SMILES string of the molecule is NC(=NCc1ncccc1O)N1CCSCC1. The molecule has 1 saturated heterocycles. The Bertz CT molecular complexity index is 404. The van der Waals surface area contributed by atoms with Gasteiger partial charge >= 0.3 is 0 Å². The highest BCUT2D eigenvalue weighted by molar-refractivity contribution is 7.99. The van der Waals surface area contributed by atoms with E-state index < -0.39 is 0 Å². The predicted octanol–water partition coefficient (Wildman–Crippen LogP) is 0.651. The van der Waals surface area contributed by atoms with Crippen LogP contribution in [0.5, 0.6) is 5.75 Å². The van der Waals surface area contributed by atoms with E-state index in [1.165, 1.54) is 0 Å². The highest BCUT2D eigenvalue weighted by atomic mass is 32.2. The zero-order chi connectivity index (χ0) is 12.1. The first-order chi connectivity index (χ1) is 8.27. The first kappa shape index (κ1) is 12.0. The molecule has 17 heavy (non-hydrogen) atoms. The van der Waals surface area contributed by atoms with Crippen molar-refractivity contribution in [2.24, 2.45) is 10.7 Å². The van der Waals surface area contributed by atoms with E-state index in [1.54, 1.807) is 18.3 Å². The highest BCUT2D eigenvalue weighted by Gasteiger charge is 2.12. The molecule has 0 aromatic carbocycles. The molecule has 1 aromatic rings. The summed E-state index contributed by atoms with van der Waals surface area (Å²) in [5.41, 5.74) is 6.46. The van der Waals surface area contributed by atoms with Gasteiger partial charge in [0.2, 0.25) is 0 Å². The third-order valence-electron chi connectivity index (χ3n) is 2.59. The number of rotatable bonds is 2. The number of nitrogens with two attached hydrogens (primary N) is 1. The van der Waals surface area contributed by atoms with Crippen LogP contribution >= 0.6 is 11.8 Å². The second-order valence-corrected chi connectivity index (χ2v) is 4.97. The van der Waals surface area contributed by atoms with Gasteiger partial charge in [0.05, 0.1) is 6.54 Å². The minimum Gasteiger partial charge on any atom is -0.506 e. The molecule has 6 heteroatoms. The maximum Gasteiger partial charge on any atom is 0.191 e. The van der Waals surface area contributed by atoms with E-state index >= 15 is 0 Å².